The predicted octanol–water partition coefficient (Wildman–Crippen LogP) is 12.8. The van der Waals surface area contributed by atoms with Crippen molar-refractivity contribution >= 4 is 21.9 Å². The molecule has 0 spiro atoms. The zero-order valence-electron chi connectivity index (χ0n) is 29.7. The summed E-state index contributed by atoms with van der Waals surface area (Å²) in [6.07, 6.45) is 0. The van der Waals surface area contributed by atoms with Gasteiger partial charge in [-0.1, -0.05) is 182 Å². The van der Waals surface area contributed by atoms with Crippen LogP contribution in [0.4, 0.5) is 0 Å². The second kappa shape index (κ2) is 13.8. The summed E-state index contributed by atoms with van der Waals surface area (Å²) in [5.74, 6) is 2.65. The number of benzene rings is 7. The number of aromatic nitrogens is 4. The number of fused-ring (bicyclic) bond motifs is 3. The molecule has 0 unspecified atom stereocenters. The highest BCUT2D eigenvalue weighted by atomic mass is 16.3. The number of hydrogen-bond acceptors (Lipinski definition) is 5. The van der Waals surface area contributed by atoms with Crippen molar-refractivity contribution in [3.63, 3.8) is 0 Å². The molecule has 10 rings (SSSR count). The molecule has 0 bridgehead atoms. The Hall–Kier alpha value is -7.50. The fraction of sp³-hybridized carbons (Fsp3) is 0. The number of furan rings is 1. The number of hydrogen-bond donors (Lipinski definition) is 0. The van der Waals surface area contributed by atoms with Crippen LogP contribution in [-0.4, -0.2) is 19.9 Å². The van der Waals surface area contributed by atoms with E-state index in [-0.39, 0.29) is 0 Å². The third-order valence-corrected chi connectivity index (χ3v) is 9.96. The van der Waals surface area contributed by atoms with Crippen molar-refractivity contribution in [1.29, 1.82) is 0 Å². The van der Waals surface area contributed by atoms with Crippen molar-refractivity contribution in [2.45, 2.75) is 0 Å². The number of pyridine rings is 1. The van der Waals surface area contributed by atoms with Gasteiger partial charge in [-0.15, -0.1) is 0 Å². The zero-order chi connectivity index (χ0) is 36.6. The van der Waals surface area contributed by atoms with Crippen molar-refractivity contribution in [2.75, 3.05) is 0 Å². The maximum absolute atomic E-state index is 6.88. The van der Waals surface area contributed by atoms with Crippen molar-refractivity contribution in [3.8, 4) is 79.0 Å². The summed E-state index contributed by atoms with van der Waals surface area (Å²) in [5, 5.41) is 1.95. The van der Waals surface area contributed by atoms with Crippen molar-refractivity contribution in [2.24, 2.45) is 0 Å². The van der Waals surface area contributed by atoms with Crippen LogP contribution in [0.2, 0.25) is 0 Å². The van der Waals surface area contributed by atoms with E-state index in [9.17, 15) is 0 Å². The second-order valence-corrected chi connectivity index (χ2v) is 13.4. The quantitative estimate of drug-likeness (QED) is 0.165. The van der Waals surface area contributed by atoms with E-state index in [0.717, 1.165) is 83.4 Å². The zero-order valence-corrected chi connectivity index (χ0v) is 29.7. The molecule has 0 aliphatic heterocycles. The van der Waals surface area contributed by atoms with E-state index in [0.29, 0.717) is 17.5 Å². The molecule has 55 heavy (non-hydrogen) atoms. The van der Waals surface area contributed by atoms with Crippen LogP contribution >= 0.6 is 0 Å². The third-order valence-electron chi connectivity index (χ3n) is 9.96. The van der Waals surface area contributed by atoms with Gasteiger partial charge in [0.25, 0.3) is 0 Å². The van der Waals surface area contributed by atoms with Crippen LogP contribution in [0.1, 0.15) is 0 Å². The standard InChI is InChI=1S/C50H32N4O/c1-5-15-33(16-6-1)34-25-29-39(30-26-34)49-52-48(38-21-11-4-12-22-38)53-50(54-49)40-31-27-36(28-32-40)45-44-43(35-17-7-2-8-18-35)46(37-19-9-3-10-20-37)55-47(44)41-23-13-14-24-42(41)51-45/h1-32H. The molecule has 0 fully saturated rings. The second-order valence-electron chi connectivity index (χ2n) is 13.4. The third kappa shape index (κ3) is 6.04. The Kier molecular flexibility index (Phi) is 8.08. The first kappa shape index (κ1) is 32.2. The van der Waals surface area contributed by atoms with Gasteiger partial charge in [-0.3, -0.25) is 0 Å². The summed E-state index contributed by atoms with van der Waals surface area (Å²) < 4.78 is 6.88. The maximum atomic E-state index is 6.88. The van der Waals surface area contributed by atoms with Crippen molar-refractivity contribution in [1.82, 2.24) is 19.9 Å². The maximum Gasteiger partial charge on any atom is 0.164 e. The number of para-hydroxylation sites is 1. The van der Waals surface area contributed by atoms with Gasteiger partial charge in [0, 0.05) is 38.8 Å². The normalized spacial score (nSPS) is 11.3. The molecule has 0 aliphatic rings. The average Bonchev–Trinajstić information content (AvgIpc) is 3.69. The fourth-order valence-electron chi connectivity index (χ4n) is 7.24. The van der Waals surface area contributed by atoms with E-state index >= 15 is 0 Å². The topological polar surface area (TPSA) is 64.7 Å². The summed E-state index contributed by atoms with van der Waals surface area (Å²) >= 11 is 0. The number of rotatable bonds is 7. The molecule has 0 saturated carbocycles. The van der Waals surface area contributed by atoms with Crippen LogP contribution in [0.5, 0.6) is 0 Å². The minimum Gasteiger partial charge on any atom is -0.455 e. The predicted molar refractivity (Wildman–Crippen MR) is 223 cm³/mol. The molecule has 3 aromatic heterocycles. The van der Waals surface area contributed by atoms with Gasteiger partial charge >= 0.3 is 0 Å². The Bertz CT molecular complexity index is 2930. The Labute approximate surface area is 318 Å². The lowest BCUT2D eigenvalue weighted by molar-refractivity contribution is 0.636. The molecule has 7 aromatic carbocycles. The van der Waals surface area contributed by atoms with Crippen LogP contribution in [0.3, 0.4) is 0 Å². The SMILES string of the molecule is c1ccc(-c2ccc(-c3nc(-c4ccccc4)nc(-c4ccc(-c5nc6ccccc6c6oc(-c7ccccc7)c(-c7ccccc7)c56)cc4)n3)cc2)cc1. The molecule has 0 atom stereocenters. The Morgan fingerprint density at radius 1 is 0.309 bits per heavy atom. The summed E-state index contributed by atoms with van der Waals surface area (Å²) in [5.41, 5.74) is 11.6. The average molecular weight is 705 g/mol. The van der Waals surface area contributed by atoms with E-state index < -0.39 is 0 Å². The molecule has 0 amide bonds. The molecule has 0 saturated heterocycles. The van der Waals surface area contributed by atoms with Crippen LogP contribution < -0.4 is 0 Å². The van der Waals surface area contributed by atoms with Gasteiger partial charge in [0.15, 0.2) is 17.5 Å². The summed E-state index contributed by atoms with van der Waals surface area (Å²) in [7, 11) is 0. The lowest BCUT2D eigenvalue weighted by Crippen LogP contribution is -2.00. The first-order valence-corrected chi connectivity index (χ1v) is 18.3. The van der Waals surface area contributed by atoms with Crippen LogP contribution in [-0.2, 0) is 0 Å². The first-order valence-electron chi connectivity index (χ1n) is 18.3. The summed E-state index contributed by atoms with van der Waals surface area (Å²) in [4.78, 5) is 20.3. The molecule has 3 heterocycles. The number of nitrogens with zero attached hydrogens (tertiary/aromatic N) is 4. The molecular weight excluding hydrogens is 673 g/mol. The van der Waals surface area contributed by atoms with E-state index in [1.165, 1.54) is 0 Å². The van der Waals surface area contributed by atoms with Gasteiger partial charge in [-0.05, 0) is 28.8 Å². The molecule has 0 aliphatic carbocycles. The van der Waals surface area contributed by atoms with Crippen LogP contribution in [0.15, 0.2) is 199 Å². The Morgan fingerprint density at radius 3 is 1.27 bits per heavy atom. The largest absolute Gasteiger partial charge is 0.455 e. The highest BCUT2D eigenvalue weighted by Gasteiger charge is 2.24. The minimum atomic E-state index is 0.596. The summed E-state index contributed by atoms with van der Waals surface area (Å²) in [6.45, 7) is 0. The van der Waals surface area contributed by atoms with Gasteiger partial charge in [-0.25, -0.2) is 19.9 Å². The lowest BCUT2D eigenvalue weighted by atomic mass is 9.94. The fourth-order valence-corrected chi connectivity index (χ4v) is 7.24. The van der Waals surface area contributed by atoms with E-state index in [2.05, 4.69) is 115 Å². The van der Waals surface area contributed by atoms with Gasteiger partial charge in [0.1, 0.15) is 11.3 Å². The molecule has 5 heteroatoms. The first-order chi connectivity index (χ1) is 27.3. The molecule has 10 aromatic rings. The smallest absolute Gasteiger partial charge is 0.164 e. The lowest BCUT2D eigenvalue weighted by Gasteiger charge is -2.11. The molecule has 258 valence electrons. The molecule has 5 nitrogen and oxygen atoms in total. The molecule has 0 N–H and O–H groups in total. The minimum absolute atomic E-state index is 0.596. The highest BCUT2D eigenvalue weighted by molar-refractivity contribution is 6.16. The molecular formula is C50H32N4O. The van der Waals surface area contributed by atoms with E-state index in [1.54, 1.807) is 0 Å². The van der Waals surface area contributed by atoms with E-state index in [1.807, 2.05) is 78.9 Å². The molecule has 0 radical (unpaired) electrons. The van der Waals surface area contributed by atoms with Crippen LogP contribution in [0, 0.1) is 0 Å². The van der Waals surface area contributed by atoms with Crippen molar-refractivity contribution < 1.29 is 4.42 Å². The van der Waals surface area contributed by atoms with Gasteiger partial charge < -0.3 is 4.42 Å². The highest BCUT2D eigenvalue weighted by Crippen LogP contribution is 2.46. The van der Waals surface area contributed by atoms with Gasteiger partial charge in [0.05, 0.1) is 16.6 Å². The Morgan fingerprint density at radius 2 is 0.709 bits per heavy atom. The van der Waals surface area contributed by atoms with Gasteiger partial charge in [0.2, 0.25) is 0 Å². The summed E-state index contributed by atoms with van der Waals surface area (Å²) in [6, 6.07) is 66.1. The van der Waals surface area contributed by atoms with Crippen LogP contribution in [0.25, 0.3) is 101 Å². The Balaban J connectivity index is 1.12. The monoisotopic (exact) mass is 704 g/mol. The van der Waals surface area contributed by atoms with Gasteiger partial charge in [-0.2, -0.15) is 0 Å². The van der Waals surface area contributed by atoms with Crippen molar-refractivity contribution in [3.05, 3.63) is 194 Å². The van der Waals surface area contributed by atoms with E-state index in [4.69, 9.17) is 24.4 Å².